The summed E-state index contributed by atoms with van der Waals surface area (Å²) in [5, 5.41) is 0. The molecule has 0 aliphatic carbocycles. The second kappa shape index (κ2) is 6.36. The van der Waals surface area contributed by atoms with E-state index in [-0.39, 0.29) is 11.1 Å². The Morgan fingerprint density at radius 3 is 2.63 bits per heavy atom. The molecule has 0 bridgehead atoms. The van der Waals surface area contributed by atoms with E-state index in [1.165, 1.54) is 13.0 Å². The number of hydrogen-bond acceptors (Lipinski definition) is 2. The lowest BCUT2D eigenvalue weighted by Gasteiger charge is -2.21. The molecule has 0 N–H and O–H groups in total. The van der Waals surface area contributed by atoms with Gasteiger partial charge in [-0.3, -0.25) is 4.79 Å². The minimum Gasteiger partial charge on any atom is -0.466 e. The maximum atomic E-state index is 13.7. The third-order valence-corrected chi connectivity index (χ3v) is 2.83. The van der Waals surface area contributed by atoms with Crippen LogP contribution in [0.15, 0.2) is 22.7 Å². The van der Waals surface area contributed by atoms with Crippen LogP contribution in [0.4, 0.5) is 17.6 Å². The molecule has 1 aromatic carbocycles. The fourth-order valence-electron chi connectivity index (χ4n) is 1.42. The standard InChI is InChI=1S/C12H11BrF4O2/c1-2-19-11(18)6-10(15)12(16,17)8-4-3-7(13)5-9(8)14/h3-5,10H,2,6H2,1H3. The molecule has 0 saturated carbocycles. The molecule has 0 aliphatic rings. The van der Waals surface area contributed by atoms with Crippen LogP contribution in [-0.4, -0.2) is 18.7 Å². The lowest BCUT2D eigenvalue weighted by Crippen LogP contribution is -2.31. The van der Waals surface area contributed by atoms with Crippen molar-refractivity contribution in [1.82, 2.24) is 0 Å². The molecular weight excluding hydrogens is 332 g/mol. The van der Waals surface area contributed by atoms with Crippen LogP contribution >= 0.6 is 15.9 Å². The number of alkyl halides is 3. The van der Waals surface area contributed by atoms with Crippen molar-refractivity contribution in [3.63, 3.8) is 0 Å². The first kappa shape index (κ1) is 15.9. The van der Waals surface area contributed by atoms with Crippen LogP contribution in [0, 0.1) is 5.82 Å². The zero-order valence-electron chi connectivity index (χ0n) is 9.93. The first-order valence-corrected chi connectivity index (χ1v) is 6.21. The number of rotatable bonds is 5. The summed E-state index contributed by atoms with van der Waals surface area (Å²) in [6, 6.07) is 2.75. The average Bonchev–Trinajstić information content (AvgIpc) is 2.28. The molecule has 0 spiro atoms. The molecule has 0 aliphatic heterocycles. The summed E-state index contributed by atoms with van der Waals surface area (Å²) in [5.41, 5.74) is -1.09. The summed E-state index contributed by atoms with van der Waals surface area (Å²) in [4.78, 5) is 11.0. The summed E-state index contributed by atoms with van der Waals surface area (Å²) < 4.78 is 58.9. The van der Waals surface area contributed by atoms with Crippen molar-refractivity contribution in [2.45, 2.75) is 25.4 Å². The SMILES string of the molecule is CCOC(=O)CC(F)C(F)(F)c1ccc(Br)cc1F. The Labute approximate surface area is 115 Å². The summed E-state index contributed by atoms with van der Waals surface area (Å²) in [6.45, 7) is 1.43. The zero-order valence-corrected chi connectivity index (χ0v) is 11.5. The summed E-state index contributed by atoms with van der Waals surface area (Å²) in [6.07, 6.45) is -3.97. The number of carbonyl (C=O) groups excluding carboxylic acids is 1. The van der Waals surface area contributed by atoms with Crippen LogP contribution in [0.5, 0.6) is 0 Å². The highest BCUT2D eigenvalue weighted by Crippen LogP contribution is 2.37. The van der Waals surface area contributed by atoms with Crippen LogP contribution in [0.25, 0.3) is 0 Å². The van der Waals surface area contributed by atoms with Crippen molar-refractivity contribution in [2.24, 2.45) is 0 Å². The lowest BCUT2D eigenvalue weighted by molar-refractivity contribution is -0.151. The monoisotopic (exact) mass is 342 g/mol. The quantitative estimate of drug-likeness (QED) is 0.597. The van der Waals surface area contributed by atoms with Gasteiger partial charge in [0.15, 0.2) is 6.17 Å². The van der Waals surface area contributed by atoms with Crippen molar-refractivity contribution >= 4 is 21.9 Å². The van der Waals surface area contributed by atoms with E-state index in [1.807, 2.05) is 0 Å². The van der Waals surface area contributed by atoms with Gasteiger partial charge in [0.1, 0.15) is 5.82 Å². The van der Waals surface area contributed by atoms with Gasteiger partial charge in [0.2, 0.25) is 0 Å². The molecule has 0 heterocycles. The minimum atomic E-state index is -4.10. The highest BCUT2D eigenvalue weighted by atomic mass is 79.9. The number of halogens is 5. The predicted molar refractivity (Wildman–Crippen MR) is 64.1 cm³/mol. The summed E-state index contributed by atoms with van der Waals surface area (Å²) in [5.74, 6) is -6.43. The Hall–Kier alpha value is -1.11. The normalized spacial score (nSPS) is 13.2. The highest BCUT2D eigenvalue weighted by Gasteiger charge is 2.45. The van der Waals surface area contributed by atoms with Gasteiger partial charge in [0.25, 0.3) is 0 Å². The van der Waals surface area contributed by atoms with E-state index in [0.717, 1.165) is 12.1 Å². The Morgan fingerprint density at radius 1 is 1.47 bits per heavy atom. The van der Waals surface area contributed by atoms with E-state index < -0.39 is 35.9 Å². The fourth-order valence-corrected chi connectivity index (χ4v) is 1.76. The first-order valence-electron chi connectivity index (χ1n) is 5.42. The van der Waals surface area contributed by atoms with Crippen LogP contribution in [0.2, 0.25) is 0 Å². The van der Waals surface area contributed by atoms with Gasteiger partial charge in [-0.25, -0.2) is 8.78 Å². The largest absolute Gasteiger partial charge is 0.466 e. The summed E-state index contributed by atoms with van der Waals surface area (Å²) >= 11 is 2.91. The van der Waals surface area contributed by atoms with E-state index in [9.17, 15) is 22.4 Å². The minimum absolute atomic E-state index is 0.0379. The van der Waals surface area contributed by atoms with Gasteiger partial charge in [-0.1, -0.05) is 15.9 Å². The third kappa shape index (κ3) is 3.92. The van der Waals surface area contributed by atoms with Crippen LogP contribution < -0.4 is 0 Å². The number of hydrogen-bond donors (Lipinski definition) is 0. The molecule has 19 heavy (non-hydrogen) atoms. The highest BCUT2D eigenvalue weighted by molar-refractivity contribution is 9.10. The van der Waals surface area contributed by atoms with Crippen molar-refractivity contribution in [3.05, 3.63) is 34.1 Å². The molecule has 1 rings (SSSR count). The number of benzene rings is 1. The maximum Gasteiger partial charge on any atom is 0.308 e. The Bertz CT molecular complexity index is 465. The van der Waals surface area contributed by atoms with Gasteiger partial charge in [-0.05, 0) is 25.1 Å². The van der Waals surface area contributed by atoms with E-state index >= 15 is 0 Å². The van der Waals surface area contributed by atoms with Crippen molar-refractivity contribution in [1.29, 1.82) is 0 Å². The molecule has 0 saturated heterocycles. The van der Waals surface area contributed by atoms with Gasteiger partial charge in [-0.15, -0.1) is 0 Å². The molecule has 2 nitrogen and oxygen atoms in total. The molecule has 0 radical (unpaired) electrons. The second-order valence-corrected chi connectivity index (χ2v) is 4.64. The number of esters is 1. The lowest BCUT2D eigenvalue weighted by atomic mass is 10.0. The van der Waals surface area contributed by atoms with E-state index in [0.29, 0.717) is 0 Å². The Balaban J connectivity index is 2.92. The van der Waals surface area contributed by atoms with Crippen molar-refractivity contribution < 1.29 is 27.1 Å². The van der Waals surface area contributed by atoms with Crippen LogP contribution in [0.3, 0.4) is 0 Å². The molecule has 1 unspecified atom stereocenters. The molecule has 1 atom stereocenters. The molecule has 0 amide bonds. The molecule has 0 aromatic heterocycles. The number of ether oxygens (including phenoxy) is 1. The average molecular weight is 343 g/mol. The fraction of sp³-hybridized carbons (Fsp3) is 0.417. The topological polar surface area (TPSA) is 26.3 Å². The van der Waals surface area contributed by atoms with Crippen molar-refractivity contribution in [3.8, 4) is 0 Å². The predicted octanol–water partition coefficient (Wildman–Crippen LogP) is 3.97. The van der Waals surface area contributed by atoms with Gasteiger partial charge >= 0.3 is 11.9 Å². The van der Waals surface area contributed by atoms with E-state index in [1.54, 1.807) is 0 Å². The molecule has 106 valence electrons. The third-order valence-electron chi connectivity index (χ3n) is 2.33. The zero-order chi connectivity index (χ0) is 14.6. The molecular formula is C12H11BrF4O2. The molecule has 7 heteroatoms. The molecule has 1 aromatic rings. The van der Waals surface area contributed by atoms with Gasteiger partial charge in [-0.2, -0.15) is 8.78 Å². The Kier molecular flexibility index (Phi) is 5.34. The molecule has 0 fully saturated rings. The van der Waals surface area contributed by atoms with Crippen molar-refractivity contribution in [2.75, 3.05) is 6.61 Å². The number of carbonyl (C=O) groups is 1. The van der Waals surface area contributed by atoms with Gasteiger partial charge < -0.3 is 4.74 Å². The Morgan fingerprint density at radius 2 is 2.11 bits per heavy atom. The second-order valence-electron chi connectivity index (χ2n) is 3.72. The van der Waals surface area contributed by atoms with E-state index in [4.69, 9.17) is 0 Å². The maximum absolute atomic E-state index is 13.7. The van der Waals surface area contributed by atoms with Gasteiger partial charge in [0, 0.05) is 4.47 Å². The van der Waals surface area contributed by atoms with E-state index in [2.05, 4.69) is 20.7 Å². The smallest absolute Gasteiger partial charge is 0.308 e. The van der Waals surface area contributed by atoms with Crippen LogP contribution in [0.1, 0.15) is 18.9 Å². The first-order chi connectivity index (χ1) is 8.78. The summed E-state index contributed by atoms with van der Waals surface area (Å²) in [7, 11) is 0. The van der Waals surface area contributed by atoms with Gasteiger partial charge in [0.05, 0.1) is 18.6 Å². The van der Waals surface area contributed by atoms with Crippen LogP contribution in [-0.2, 0) is 15.5 Å².